The molecule has 1 atom stereocenters. The van der Waals surface area contributed by atoms with Gasteiger partial charge in [0.15, 0.2) is 0 Å². The molecule has 0 aliphatic carbocycles. The van der Waals surface area contributed by atoms with Gasteiger partial charge in [0.25, 0.3) is 0 Å². The van der Waals surface area contributed by atoms with Gasteiger partial charge in [0.2, 0.25) is 0 Å². The first-order valence-corrected chi connectivity index (χ1v) is 7.68. The maximum atomic E-state index is 5.26. The van der Waals surface area contributed by atoms with Gasteiger partial charge in [-0.05, 0) is 30.4 Å². The van der Waals surface area contributed by atoms with E-state index in [0.29, 0.717) is 5.41 Å². The molecule has 0 spiro atoms. The minimum absolute atomic E-state index is 0. The van der Waals surface area contributed by atoms with Gasteiger partial charge < -0.3 is 15.0 Å². The molecule has 1 fully saturated rings. The molecule has 1 unspecified atom stereocenters. The van der Waals surface area contributed by atoms with Crippen molar-refractivity contribution in [2.75, 3.05) is 46.4 Å². The molecule has 4 heteroatoms. The minimum Gasteiger partial charge on any atom is -0.383 e. The lowest BCUT2D eigenvalue weighted by Gasteiger charge is -2.32. The summed E-state index contributed by atoms with van der Waals surface area (Å²) >= 11 is 0. The zero-order valence-electron chi connectivity index (χ0n) is 13.3. The summed E-state index contributed by atoms with van der Waals surface area (Å²) in [5, 5.41) is 3.49. The lowest BCUT2D eigenvalue weighted by molar-refractivity contribution is 0.119. The number of ether oxygens (including phenoxy) is 1. The SMILES string of the molecule is COCCN(CCc1ccccc1)CC1(C)CCNC1.Cl. The Kier molecular flexibility index (Phi) is 8.27. The van der Waals surface area contributed by atoms with Crippen LogP contribution in [-0.4, -0.2) is 51.3 Å². The van der Waals surface area contributed by atoms with Gasteiger partial charge in [-0.1, -0.05) is 37.3 Å². The number of benzene rings is 1. The first-order valence-electron chi connectivity index (χ1n) is 7.68. The van der Waals surface area contributed by atoms with Crippen molar-refractivity contribution in [1.82, 2.24) is 10.2 Å². The lowest BCUT2D eigenvalue weighted by atomic mass is 9.89. The molecule has 1 aliphatic rings. The molecule has 1 aliphatic heterocycles. The summed E-state index contributed by atoms with van der Waals surface area (Å²) in [5.74, 6) is 0. The van der Waals surface area contributed by atoms with E-state index in [2.05, 4.69) is 47.5 Å². The molecular formula is C17H29ClN2O. The number of rotatable bonds is 8. The molecule has 2 rings (SSSR count). The van der Waals surface area contributed by atoms with Crippen molar-refractivity contribution in [2.45, 2.75) is 19.8 Å². The summed E-state index contributed by atoms with van der Waals surface area (Å²) in [7, 11) is 1.79. The average molecular weight is 313 g/mol. The van der Waals surface area contributed by atoms with Gasteiger partial charge in [-0.3, -0.25) is 0 Å². The number of nitrogens with zero attached hydrogens (tertiary/aromatic N) is 1. The molecule has 1 aromatic carbocycles. The van der Waals surface area contributed by atoms with Crippen molar-refractivity contribution in [2.24, 2.45) is 5.41 Å². The van der Waals surface area contributed by atoms with Gasteiger partial charge in [-0.15, -0.1) is 12.4 Å². The van der Waals surface area contributed by atoms with E-state index in [1.54, 1.807) is 7.11 Å². The third-order valence-corrected chi connectivity index (χ3v) is 4.23. The van der Waals surface area contributed by atoms with E-state index in [0.717, 1.165) is 45.8 Å². The summed E-state index contributed by atoms with van der Waals surface area (Å²) in [5.41, 5.74) is 1.84. The predicted octanol–water partition coefficient (Wildman–Crippen LogP) is 2.60. The highest BCUT2D eigenvalue weighted by Gasteiger charge is 2.30. The predicted molar refractivity (Wildman–Crippen MR) is 91.3 cm³/mol. The zero-order chi connectivity index (χ0) is 14.3. The van der Waals surface area contributed by atoms with E-state index in [-0.39, 0.29) is 12.4 Å². The Bertz CT molecular complexity index is 380. The van der Waals surface area contributed by atoms with Crippen molar-refractivity contribution in [3.8, 4) is 0 Å². The summed E-state index contributed by atoms with van der Waals surface area (Å²) in [6, 6.07) is 10.8. The van der Waals surface area contributed by atoms with Gasteiger partial charge in [0, 0.05) is 33.3 Å². The van der Waals surface area contributed by atoms with Crippen molar-refractivity contribution in [3.63, 3.8) is 0 Å². The highest BCUT2D eigenvalue weighted by molar-refractivity contribution is 5.85. The topological polar surface area (TPSA) is 24.5 Å². The fourth-order valence-corrected chi connectivity index (χ4v) is 2.97. The Balaban J connectivity index is 0.00000220. The number of hydrogen-bond donors (Lipinski definition) is 1. The first kappa shape index (κ1) is 18.4. The molecule has 1 aromatic rings. The van der Waals surface area contributed by atoms with Crippen LogP contribution in [0.1, 0.15) is 18.9 Å². The third-order valence-electron chi connectivity index (χ3n) is 4.23. The van der Waals surface area contributed by atoms with Gasteiger partial charge in [-0.2, -0.15) is 0 Å². The van der Waals surface area contributed by atoms with Crippen LogP contribution in [0.2, 0.25) is 0 Å². The van der Waals surface area contributed by atoms with Gasteiger partial charge in [-0.25, -0.2) is 0 Å². The Morgan fingerprint density at radius 1 is 1.24 bits per heavy atom. The summed E-state index contributed by atoms with van der Waals surface area (Å²) < 4.78 is 5.26. The van der Waals surface area contributed by atoms with Crippen LogP contribution in [0.5, 0.6) is 0 Å². The first-order chi connectivity index (χ1) is 9.72. The van der Waals surface area contributed by atoms with Crippen molar-refractivity contribution in [3.05, 3.63) is 35.9 Å². The summed E-state index contributed by atoms with van der Waals surface area (Å²) in [4.78, 5) is 2.56. The van der Waals surface area contributed by atoms with Crippen LogP contribution in [0, 0.1) is 5.41 Å². The molecule has 1 N–H and O–H groups in total. The molecule has 0 bridgehead atoms. The van der Waals surface area contributed by atoms with Crippen LogP contribution in [0.3, 0.4) is 0 Å². The molecule has 0 saturated carbocycles. The monoisotopic (exact) mass is 312 g/mol. The quantitative estimate of drug-likeness (QED) is 0.798. The second kappa shape index (κ2) is 9.42. The molecule has 1 heterocycles. The Morgan fingerprint density at radius 3 is 2.62 bits per heavy atom. The van der Waals surface area contributed by atoms with E-state index in [4.69, 9.17) is 4.74 Å². The molecule has 0 amide bonds. The van der Waals surface area contributed by atoms with Crippen LogP contribution < -0.4 is 5.32 Å². The largest absolute Gasteiger partial charge is 0.383 e. The molecule has 1 saturated heterocycles. The van der Waals surface area contributed by atoms with E-state index in [1.165, 1.54) is 12.0 Å². The Labute approximate surface area is 135 Å². The average Bonchev–Trinajstić information content (AvgIpc) is 2.89. The normalized spacial score (nSPS) is 21.5. The number of hydrogen-bond acceptors (Lipinski definition) is 3. The van der Waals surface area contributed by atoms with Crippen LogP contribution in [0.25, 0.3) is 0 Å². The second-order valence-electron chi connectivity index (χ2n) is 6.24. The number of methoxy groups -OCH3 is 1. The van der Waals surface area contributed by atoms with Gasteiger partial charge in [0.05, 0.1) is 6.61 Å². The van der Waals surface area contributed by atoms with Crippen LogP contribution in [-0.2, 0) is 11.2 Å². The molecular weight excluding hydrogens is 284 g/mol. The molecule has 120 valence electrons. The fraction of sp³-hybridized carbons (Fsp3) is 0.647. The van der Waals surface area contributed by atoms with Crippen molar-refractivity contribution >= 4 is 12.4 Å². The van der Waals surface area contributed by atoms with Gasteiger partial charge >= 0.3 is 0 Å². The maximum absolute atomic E-state index is 5.26. The zero-order valence-corrected chi connectivity index (χ0v) is 14.1. The fourth-order valence-electron chi connectivity index (χ4n) is 2.97. The number of halogens is 1. The Hall–Kier alpha value is -0.610. The summed E-state index contributed by atoms with van der Waals surface area (Å²) in [6.45, 7) is 8.82. The maximum Gasteiger partial charge on any atom is 0.0589 e. The van der Waals surface area contributed by atoms with Crippen LogP contribution >= 0.6 is 12.4 Å². The molecule has 3 nitrogen and oxygen atoms in total. The van der Waals surface area contributed by atoms with Crippen LogP contribution in [0.4, 0.5) is 0 Å². The molecule has 0 aromatic heterocycles. The lowest BCUT2D eigenvalue weighted by Crippen LogP contribution is -2.40. The Morgan fingerprint density at radius 2 is 2.00 bits per heavy atom. The van der Waals surface area contributed by atoms with E-state index < -0.39 is 0 Å². The van der Waals surface area contributed by atoms with Gasteiger partial charge in [0.1, 0.15) is 0 Å². The smallest absolute Gasteiger partial charge is 0.0589 e. The standard InChI is InChI=1S/C17H28N2O.ClH/c1-17(9-10-18-14-17)15-19(12-13-20-2)11-8-16-6-4-3-5-7-16;/h3-7,18H,8-15H2,1-2H3;1H. The highest BCUT2D eigenvalue weighted by Crippen LogP contribution is 2.25. The minimum atomic E-state index is 0. The van der Waals surface area contributed by atoms with E-state index in [9.17, 15) is 0 Å². The number of nitrogens with one attached hydrogen (secondary N) is 1. The van der Waals surface area contributed by atoms with Crippen molar-refractivity contribution < 1.29 is 4.74 Å². The third kappa shape index (κ3) is 6.35. The second-order valence-corrected chi connectivity index (χ2v) is 6.24. The molecule has 21 heavy (non-hydrogen) atoms. The van der Waals surface area contributed by atoms with Crippen molar-refractivity contribution in [1.29, 1.82) is 0 Å². The van der Waals surface area contributed by atoms with E-state index >= 15 is 0 Å². The summed E-state index contributed by atoms with van der Waals surface area (Å²) in [6.07, 6.45) is 2.40. The highest BCUT2D eigenvalue weighted by atomic mass is 35.5. The molecule has 0 radical (unpaired) electrons. The van der Waals surface area contributed by atoms with E-state index in [1.807, 2.05) is 0 Å². The van der Waals surface area contributed by atoms with Crippen LogP contribution in [0.15, 0.2) is 30.3 Å².